The third-order valence-corrected chi connectivity index (χ3v) is 7.47. The van der Waals surface area contributed by atoms with Gasteiger partial charge in [-0.25, -0.2) is 9.59 Å². The van der Waals surface area contributed by atoms with E-state index in [0.29, 0.717) is 36.8 Å². The summed E-state index contributed by atoms with van der Waals surface area (Å²) in [4.78, 5) is 48.3. The maximum absolute atomic E-state index is 12.3. The first-order valence-corrected chi connectivity index (χ1v) is 17.7. The molecule has 288 valence electrons. The molecule has 0 saturated heterocycles. The molecule has 0 aliphatic carbocycles. The van der Waals surface area contributed by atoms with Gasteiger partial charge < -0.3 is 14.8 Å². The van der Waals surface area contributed by atoms with Crippen molar-refractivity contribution in [2.45, 2.75) is 71.4 Å². The first kappa shape index (κ1) is 45.4. The van der Waals surface area contributed by atoms with Crippen LogP contribution in [-0.2, 0) is 16.0 Å². The summed E-state index contributed by atoms with van der Waals surface area (Å²) >= 11 is 23.1. The van der Waals surface area contributed by atoms with Crippen molar-refractivity contribution in [3.63, 3.8) is 0 Å². The Labute approximate surface area is 333 Å². The summed E-state index contributed by atoms with van der Waals surface area (Å²) in [5.41, 5.74) is 1.14. The van der Waals surface area contributed by atoms with Crippen molar-refractivity contribution < 1.29 is 28.9 Å². The summed E-state index contributed by atoms with van der Waals surface area (Å²) in [6.07, 6.45) is 0.107. The standard InChI is InChI=1S/C19H20Cl2N2O4.C12H14ClNO2.C7H6ClNO2/c1-19(2,3)27-18(24)22-16(12-4-8-14(20)9-5-12)17(23(25)26)13-6-10-15(21)11-7-13;1-12(2,3)16-11(15)14-8-9-4-6-10(13)7-5-9;8-7-3-1-6(2-4-7)5-9(10)11/h4-11,16-17H,1-3H3,(H,22,24);4-8H,1-3H3;1-4H,5H2/t16-,17+;;/m1../s1. The molecule has 0 bridgehead atoms. The second-order valence-corrected chi connectivity index (χ2v) is 15.1. The van der Waals surface area contributed by atoms with Crippen molar-refractivity contribution in [2.24, 2.45) is 4.99 Å². The average Bonchev–Trinajstić information content (AvgIpc) is 3.05. The summed E-state index contributed by atoms with van der Waals surface area (Å²) in [5, 5.41) is 26.7. The molecule has 0 unspecified atom stereocenters. The van der Waals surface area contributed by atoms with Crippen molar-refractivity contribution in [1.82, 2.24) is 5.32 Å². The molecule has 0 fully saturated rings. The Kier molecular flexibility index (Phi) is 17.8. The molecule has 4 aromatic carbocycles. The van der Waals surface area contributed by atoms with Crippen molar-refractivity contribution in [3.05, 3.63) is 160 Å². The van der Waals surface area contributed by atoms with Gasteiger partial charge in [-0.3, -0.25) is 20.2 Å². The number of nitrogens with one attached hydrogen (secondary N) is 1. The van der Waals surface area contributed by atoms with Crippen LogP contribution in [0.1, 0.15) is 75.9 Å². The quantitative estimate of drug-likeness (QED) is 0.104. The highest BCUT2D eigenvalue weighted by molar-refractivity contribution is 6.31. The van der Waals surface area contributed by atoms with E-state index in [-0.39, 0.29) is 11.5 Å². The normalized spacial score (nSPS) is 12.2. The summed E-state index contributed by atoms with van der Waals surface area (Å²) in [5.74, 6) is 0. The summed E-state index contributed by atoms with van der Waals surface area (Å²) in [7, 11) is 0. The number of carbonyl (C=O) groups is 2. The Morgan fingerprint density at radius 1 is 0.685 bits per heavy atom. The van der Waals surface area contributed by atoms with Gasteiger partial charge in [0.2, 0.25) is 6.54 Å². The number of hydrogen-bond acceptors (Lipinski definition) is 8. The van der Waals surface area contributed by atoms with Crippen molar-refractivity contribution in [2.75, 3.05) is 0 Å². The molecule has 4 aromatic rings. The zero-order valence-electron chi connectivity index (χ0n) is 30.3. The molecule has 16 heteroatoms. The van der Waals surface area contributed by atoms with E-state index >= 15 is 0 Å². The molecule has 0 saturated carbocycles. The molecule has 1 N–H and O–H groups in total. The summed E-state index contributed by atoms with van der Waals surface area (Å²) in [6.45, 7) is 10.4. The molecule has 12 nitrogen and oxygen atoms in total. The highest BCUT2D eigenvalue weighted by atomic mass is 35.5. The van der Waals surface area contributed by atoms with E-state index in [4.69, 9.17) is 55.9 Å². The first-order valence-electron chi connectivity index (χ1n) is 16.1. The lowest BCUT2D eigenvalue weighted by atomic mass is 9.94. The lowest BCUT2D eigenvalue weighted by molar-refractivity contribution is -0.534. The van der Waals surface area contributed by atoms with Gasteiger partial charge in [0.1, 0.15) is 17.2 Å². The zero-order valence-corrected chi connectivity index (χ0v) is 33.3. The Balaban J connectivity index is 0.000000314. The number of nitro groups is 2. The highest BCUT2D eigenvalue weighted by Crippen LogP contribution is 2.33. The first-order chi connectivity index (χ1) is 25.1. The van der Waals surface area contributed by atoms with Crippen LogP contribution >= 0.6 is 46.4 Å². The van der Waals surface area contributed by atoms with Gasteiger partial charge in [0.05, 0.1) is 0 Å². The van der Waals surface area contributed by atoms with Gasteiger partial charge in [-0.05, 0) is 101 Å². The summed E-state index contributed by atoms with van der Waals surface area (Å²) < 4.78 is 10.3. The SMILES string of the molecule is CC(C)(C)OC(=O)N=Cc1ccc(Cl)cc1.CC(C)(C)OC(=O)N[C@H](c1ccc(Cl)cc1)[C@H](c1ccc(Cl)cc1)[N+](=O)[O-].O=[N+]([O-])Cc1ccc(Cl)cc1. The van der Waals surface area contributed by atoms with Gasteiger partial charge in [0.15, 0.2) is 0 Å². The number of ether oxygens (including phenoxy) is 2. The Morgan fingerprint density at radius 3 is 1.50 bits per heavy atom. The molecule has 2 amide bonds. The van der Waals surface area contributed by atoms with Crippen molar-refractivity contribution in [3.8, 4) is 0 Å². The van der Waals surface area contributed by atoms with E-state index in [9.17, 15) is 29.8 Å². The number of nitrogens with zero attached hydrogens (tertiary/aromatic N) is 3. The molecular weight excluding hydrogens is 782 g/mol. The summed E-state index contributed by atoms with van der Waals surface area (Å²) in [6, 6.07) is 24.1. The van der Waals surface area contributed by atoms with Crippen LogP contribution in [0.5, 0.6) is 0 Å². The van der Waals surface area contributed by atoms with Crippen LogP contribution in [0.15, 0.2) is 102 Å². The lowest BCUT2D eigenvalue weighted by Crippen LogP contribution is -2.39. The van der Waals surface area contributed by atoms with E-state index in [1.165, 1.54) is 6.21 Å². The Morgan fingerprint density at radius 2 is 1.09 bits per heavy atom. The number of hydrogen-bond donors (Lipinski definition) is 1. The average molecular weight is 823 g/mol. The fourth-order valence-corrected chi connectivity index (χ4v) is 4.75. The van der Waals surface area contributed by atoms with Crippen LogP contribution in [0.25, 0.3) is 0 Å². The number of carbonyl (C=O) groups excluding carboxylic acids is 2. The zero-order chi connectivity index (χ0) is 40.6. The van der Waals surface area contributed by atoms with Gasteiger partial charge >= 0.3 is 12.2 Å². The van der Waals surface area contributed by atoms with E-state index in [1.807, 2.05) is 0 Å². The maximum atomic E-state index is 12.3. The van der Waals surface area contributed by atoms with Crippen molar-refractivity contribution >= 4 is 64.8 Å². The number of amides is 2. The predicted octanol–water partition coefficient (Wildman–Crippen LogP) is 11.4. The maximum Gasteiger partial charge on any atom is 0.434 e. The second-order valence-electron chi connectivity index (χ2n) is 13.4. The topological polar surface area (TPSA) is 163 Å². The highest BCUT2D eigenvalue weighted by Gasteiger charge is 2.37. The van der Waals surface area contributed by atoms with Crippen LogP contribution in [-0.4, -0.2) is 39.4 Å². The third kappa shape index (κ3) is 18.3. The number of alkyl carbamates (subject to hydrolysis) is 1. The van der Waals surface area contributed by atoms with E-state index in [0.717, 1.165) is 5.56 Å². The number of benzene rings is 4. The molecule has 4 rings (SSSR count). The van der Waals surface area contributed by atoms with Gasteiger partial charge in [-0.15, -0.1) is 0 Å². The Bertz CT molecular complexity index is 1860. The molecule has 54 heavy (non-hydrogen) atoms. The van der Waals surface area contributed by atoms with Crippen LogP contribution in [0.3, 0.4) is 0 Å². The van der Waals surface area contributed by atoms with E-state index in [1.54, 1.807) is 139 Å². The fraction of sp³-hybridized carbons (Fsp3) is 0.289. The van der Waals surface area contributed by atoms with Crippen LogP contribution in [0, 0.1) is 20.2 Å². The molecule has 0 aromatic heterocycles. The molecular formula is C38H40Cl4N4O8. The molecule has 0 radical (unpaired) electrons. The smallest absolute Gasteiger partial charge is 0.434 e. The minimum absolute atomic E-state index is 0.142. The number of rotatable bonds is 8. The molecule has 0 spiro atoms. The third-order valence-electron chi connectivity index (χ3n) is 6.46. The largest absolute Gasteiger partial charge is 0.444 e. The molecule has 0 aliphatic heterocycles. The minimum Gasteiger partial charge on any atom is -0.444 e. The Hall–Kier alpha value is -4.75. The minimum atomic E-state index is -1.24. The monoisotopic (exact) mass is 820 g/mol. The molecule has 0 heterocycles. The predicted molar refractivity (Wildman–Crippen MR) is 212 cm³/mol. The van der Waals surface area contributed by atoms with Crippen LogP contribution in [0.4, 0.5) is 9.59 Å². The van der Waals surface area contributed by atoms with Gasteiger partial charge in [0, 0.05) is 47.3 Å². The van der Waals surface area contributed by atoms with Gasteiger partial charge in [-0.1, -0.05) is 94.9 Å². The molecule has 2 atom stereocenters. The van der Waals surface area contributed by atoms with E-state index in [2.05, 4.69) is 10.3 Å². The molecule has 0 aliphatic rings. The van der Waals surface area contributed by atoms with Crippen LogP contribution < -0.4 is 5.32 Å². The number of halogens is 4. The van der Waals surface area contributed by atoms with Gasteiger partial charge in [0.25, 0.3) is 6.04 Å². The second kappa shape index (κ2) is 21.2. The van der Waals surface area contributed by atoms with E-state index < -0.39 is 40.4 Å². The lowest BCUT2D eigenvalue weighted by Gasteiger charge is -2.26. The fourth-order valence-electron chi connectivity index (χ4n) is 4.25. The van der Waals surface area contributed by atoms with Crippen LogP contribution in [0.2, 0.25) is 20.1 Å². The number of aliphatic imine (C=N–C) groups is 1. The van der Waals surface area contributed by atoms with Crippen molar-refractivity contribution in [1.29, 1.82) is 0 Å². The van der Waals surface area contributed by atoms with Gasteiger partial charge in [-0.2, -0.15) is 4.99 Å².